The van der Waals surface area contributed by atoms with Gasteiger partial charge in [0.05, 0.1) is 19.1 Å². The van der Waals surface area contributed by atoms with Crippen molar-refractivity contribution in [1.29, 1.82) is 0 Å². The molecule has 1 amide bonds. The molecular weight excluding hydrogens is 424 g/mol. The average molecular weight is 453 g/mol. The van der Waals surface area contributed by atoms with Crippen molar-refractivity contribution in [1.82, 2.24) is 4.90 Å². The molecule has 0 N–H and O–H groups in total. The first-order valence-electron chi connectivity index (χ1n) is 10.3. The molecule has 1 atom stereocenters. The minimum Gasteiger partial charge on any atom is -0.497 e. The fourth-order valence-corrected chi connectivity index (χ4v) is 4.78. The first-order valence-corrected chi connectivity index (χ1v) is 12.1. The number of hydrogen-bond acceptors (Lipinski definition) is 4. The van der Waals surface area contributed by atoms with E-state index in [0.717, 1.165) is 21.7 Å². The summed E-state index contributed by atoms with van der Waals surface area (Å²) in [5, 5.41) is 0. The van der Waals surface area contributed by atoms with Crippen LogP contribution in [0.5, 0.6) is 5.75 Å². The predicted octanol–water partition coefficient (Wildman–Crippen LogP) is 4.08. The molecule has 6 nitrogen and oxygen atoms in total. The number of anilines is 1. The zero-order valence-electron chi connectivity index (χ0n) is 18.5. The van der Waals surface area contributed by atoms with Crippen LogP contribution in [0.3, 0.4) is 0 Å². The van der Waals surface area contributed by atoms with Gasteiger partial charge in [-0.3, -0.25) is 9.10 Å². The fraction of sp³-hybridized carbons (Fsp3) is 0.240. The van der Waals surface area contributed by atoms with Crippen LogP contribution in [-0.4, -0.2) is 38.6 Å². The van der Waals surface area contributed by atoms with Gasteiger partial charge in [-0.15, -0.1) is 0 Å². The minimum absolute atomic E-state index is 0.279. The van der Waals surface area contributed by atoms with Crippen LogP contribution in [0.25, 0.3) is 0 Å². The third-order valence-electron chi connectivity index (χ3n) is 5.14. The van der Waals surface area contributed by atoms with Gasteiger partial charge < -0.3 is 9.64 Å². The number of methoxy groups -OCH3 is 1. The predicted molar refractivity (Wildman–Crippen MR) is 127 cm³/mol. The van der Waals surface area contributed by atoms with E-state index in [4.69, 9.17) is 4.74 Å². The zero-order valence-corrected chi connectivity index (χ0v) is 19.3. The SMILES string of the molecule is COc1ccc(N(C(C)C(=O)N(Cc2ccccc2)Cc2ccccc2)S(C)(=O)=O)cc1. The van der Waals surface area contributed by atoms with Gasteiger partial charge in [-0.2, -0.15) is 0 Å². The Kier molecular flexibility index (Phi) is 7.53. The molecule has 0 bridgehead atoms. The van der Waals surface area contributed by atoms with Crippen LogP contribution in [-0.2, 0) is 27.9 Å². The number of amides is 1. The maximum atomic E-state index is 13.6. The van der Waals surface area contributed by atoms with E-state index in [-0.39, 0.29) is 5.91 Å². The van der Waals surface area contributed by atoms with E-state index < -0.39 is 16.1 Å². The van der Waals surface area contributed by atoms with Gasteiger partial charge in [0.2, 0.25) is 15.9 Å². The van der Waals surface area contributed by atoms with Crippen molar-refractivity contribution in [3.05, 3.63) is 96.1 Å². The molecule has 1 unspecified atom stereocenters. The molecule has 168 valence electrons. The van der Waals surface area contributed by atoms with E-state index in [1.54, 1.807) is 43.2 Å². The second kappa shape index (κ2) is 10.3. The number of sulfonamides is 1. The second-order valence-corrected chi connectivity index (χ2v) is 9.46. The lowest BCUT2D eigenvalue weighted by atomic mass is 10.1. The van der Waals surface area contributed by atoms with E-state index in [1.165, 1.54) is 0 Å². The Balaban J connectivity index is 1.93. The lowest BCUT2D eigenvalue weighted by molar-refractivity contribution is -0.133. The van der Waals surface area contributed by atoms with Crippen molar-refractivity contribution in [2.45, 2.75) is 26.1 Å². The third-order valence-corrected chi connectivity index (χ3v) is 6.38. The Morgan fingerprint density at radius 1 is 0.844 bits per heavy atom. The third kappa shape index (κ3) is 5.88. The number of carbonyl (C=O) groups excluding carboxylic acids is 1. The molecule has 7 heteroatoms. The highest BCUT2D eigenvalue weighted by atomic mass is 32.2. The zero-order chi connectivity index (χ0) is 23.1. The van der Waals surface area contributed by atoms with Gasteiger partial charge >= 0.3 is 0 Å². The van der Waals surface area contributed by atoms with Crippen molar-refractivity contribution in [2.24, 2.45) is 0 Å². The van der Waals surface area contributed by atoms with Gasteiger partial charge in [0.1, 0.15) is 11.8 Å². The van der Waals surface area contributed by atoms with Crippen LogP contribution in [0.15, 0.2) is 84.9 Å². The molecule has 0 heterocycles. The summed E-state index contributed by atoms with van der Waals surface area (Å²) in [5.41, 5.74) is 2.35. The highest BCUT2D eigenvalue weighted by molar-refractivity contribution is 7.92. The molecule has 0 aliphatic heterocycles. The van der Waals surface area contributed by atoms with Gasteiger partial charge in [0.25, 0.3) is 0 Å². The molecular formula is C25H28N2O4S. The van der Waals surface area contributed by atoms with Crippen molar-refractivity contribution in [2.75, 3.05) is 17.7 Å². The highest BCUT2D eigenvalue weighted by Gasteiger charge is 2.32. The lowest BCUT2D eigenvalue weighted by Gasteiger charge is -2.33. The number of ether oxygens (including phenoxy) is 1. The molecule has 0 aromatic heterocycles. The Hall–Kier alpha value is -3.32. The second-order valence-electron chi connectivity index (χ2n) is 7.60. The molecule has 3 aromatic carbocycles. The van der Waals surface area contributed by atoms with Crippen LogP contribution < -0.4 is 9.04 Å². The molecule has 3 aromatic rings. The molecule has 32 heavy (non-hydrogen) atoms. The van der Waals surface area contributed by atoms with Crippen LogP contribution in [0.2, 0.25) is 0 Å². The van der Waals surface area contributed by atoms with Gasteiger partial charge in [0, 0.05) is 13.1 Å². The summed E-state index contributed by atoms with van der Waals surface area (Å²) in [5.74, 6) is 0.329. The summed E-state index contributed by atoms with van der Waals surface area (Å²) in [4.78, 5) is 15.3. The summed E-state index contributed by atoms with van der Waals surface area (Å²) < 4.78 is 31.7. The first-order chi connectivity index (χ1) is 15.3. The Labute approximate surface area is 190 Å². The summed E-state index contributed by atoms with van der Waals surface area (Å²) >= 11 is 0. The smallest absolute Gasteiger partial charge is 0.246 e. The monoisotopic (exact) mass is 452 g/mol. The Morgan fingerprint density at radius 3 is 1.72 bits per heavy atom. The Morgan fingerprint density at radius 2 is 1.31 bits per heavy atom. The number of hydrogen-bond donors (Lipinski definition) is 0. The molecule has 0 radical (unpaired) electrons. The van der Waals surface area contributed by atoms with Crippen LogP contribution >= 0.6 is 0 Å². The highest BCUT2D eigenvalue weighted by Crippen LogP contribution is 2.25. The summed E-state index contributed by atoms with van der Waals surface area (Å²) in [6, 6.07) is 25.0. The quantitative estimate of drug-likeness (QED) is 0.491. The maximum absolute atomic E-state index is 13.6. The van der Waals surface area contributed by atoms with Crippen LogP contribution in [0.1, 0.15) is 18.1 Å². The van der Waals surface area contributed by atoms with Gasteiger partial charge in [0.15, 0.2) is 0 Å². The average Bonchev–Trinajstić information content (AvgIpc) is 2.79. The maximum Gasteiger partial charge on any atom is 0.246 e. The first kappa shape index (κ1) is 23.3. The molecule has 0 spiro atoms. The summed E-state index contributed by atoms with van der Waals surface area (Å²) in [6.07, 6.45) is 1.11. The largest absolute Gasteiger partial charge is 0.497 e. The minimum atomic E-state index is -3.72. The lowest BCUT2D eigenvalue weighted by Crippen LogP contribution is -2.49. The molecule has 0 saturated heterocycles. The van der Waals surface area contributed by atoms with Crippen molar-refractivity contribution in [3.63, 3.8) is 0 Å². The fourth-order valence-electron chi connectivity index (χ4n) is 3.62. The van der Waals surface area contributed by atoms with Crippen LogP contribution in [0.4, 0.5) is 5.69 Å². The van der Waals surface area contributed by atoms with E-state index >= 15 is 0 Å². The van der Waals surface area contributed by atoms with E-state index in [1.807, 2.05) is 60.7 Å². The number of benzene rings is 3. The molecule has 0 aliphatic rings. The van der Waals surface area contributed by atoms with Gasteiger partial charge in [-0.05, 0) is 42.3 Å². The number of nitrogens with zero attached hydrogens (tertiary/aromatic N) is 2. The molecule has 0 fully saturated rings. The normalized spacial score (nSPS) is 12.1. The molecule has 0 saturated carbocycles. The van der Waals surface area contributed by atoms with Gasteiger partial charge in [-0.1, -0.05) is 60.7 Å². The van der Waals surface area contributed by atoms with Crippen molar-refractivity contribution >= 4 is 21.6 Å². The van der Waals surface area contributed by atoms with E-state index in [2.05, 4.69) is 0 Å². The number of carbonyl (C=O) groups is 1. The van der Waals surface area contributed by atoms with E-state index in [9.17, 15) is 13.2 Å². The Bertz CT molecular complexity index is 1080. The van der Waals surface area contributed by atoms with Gasteiger partial charge in [-0.25, -0.2) is 8.42 Å². The number of rotatable bonds is 9. The molecule has 0 aliphatic carbocycles. The standard InChI is InChI=1S/C25H28N2O4S/c1-20(27(32(3,29)30)23-14-16-24(31-2)17-15-23)25(28)26(18-21-10-6-4-7-11-21)19-22-12-8-5-9-13-22/h4-17,20H,18-19H2,1-3H3. The topological polar surface area (TPSA) is 66.9 Å². The van der Waals surface area contributed by atoms with Crippen LogP contribution in [0, 0.1) is 0 Å². The van der Waals surface area contributed by atoms with E-state index in [0.29, 0.717) is 24.5 Å². The summed E-state index contributed by atoms with van der Waals surface area (Å²) in [7, 11) is -2.17. The molecule has 3 rings (SSSR count). The van der Waals surface area contributed by atoms with Crippen molar-refractivity contribution in [3.8, 4) is 5.75 Å². The van der Waals surface area contributed by atoms with Crippen molar-refractivity contribution < 1.29 is 17.9 Å². The summed E-state index contributed by atoms with van der Waals surface area (Å²) in [6.45, 7) is 2.37.